The molecule has 8 nitrogen and oxygen atoms in total. The molecular weight excluding hydrogens is 308 g/mol. The molecule has 23 heavy (non-hydrogen) atoms. The van der Waals surface area contributed by atoms with Crippen LogP contribution in [0.25, 0.3) is 0 Å². The molecule has 0 unspecified atom stereocenters. The van der Waals surface area contributed by atoms with Crippen molar-refractivity contribution in [2.75, 3.05) is 0 Å². The first kappa shape index (κ1) is 14.9. The molecule has 4 rings (SSSR count). The summed E-state index contributed by atoms with van der Waals surface area (Å²) in [5, 5.41) is 22.2. The highest BCUT2D eigenvalue weighted by Gasteiger charge is 2.92. The summed E-state index contributed by atoms with van der Waals surface area (Å²) in [6, 6.07) is 0. The molecule has 4 aliphatic rings. The first-order valence-electron chi connectivity index (χ1n) is 7.54. The minimum Gasteiger partial charge on any atom is -0.461 e. The van der Waals surface area contributed by atoms with E-state index in [9.17, 15) is 24.6 Å². The fourth-order valence-corrected chi connectivity index (χ4v) is 5.15. The molecule has 1 aliphatic carbocycles. The van der Waals surface area contributed by atoms with Crippen LogP contribution in [0.3, 0.4) is 0 Å². The third-order valence-electron chi connectivity index (χ3n) is 6.22. The average Bonchev–Trinajstić information content (AvgIpc) is 3.00. The van der Waals surface area contributed by atoms with E-state index in [0.717, 1.165) is 0 Å². The maximum Gasteiger partial charge on any atom is 0.339 e. The highest BCUT2D eigenvalue weighted by atomic mass is 16.7. The minimum atomic E-state index is -1.78. The van der Waals surface area contributed by atoms with E-state index in [1.54, 1.807) is 20.8 Å². The lowest BCUT2D eigenvalue weighted by atomic mass is 9.52. The van der Waals surface area contributed by atoms with Crippen LogP contribution in [0.15, 0.2) is 0 Å². The van der Waals surface area contributed by atoms with Crippen molar-refractivity contribution < 1.29 is 38.8 Å². The van der Waals surface area contributed by atoms with Gasteiger partial charge in [-0.2, -0.15) is 0 Å². The van der Waals surface area contributed by atoms with Gasteiger partial charge in [0.1, 0.15) is 16.9 Å². The first-order chi connectivity index (χ1) is 10.5. The Hall–Kier alpha value is -1.67. The molecule has 3 aliphatic heterocycles. The zero-order valence-corrected chi connectivity index (χ0v) is 13.0. The third kappa shape index (κ3) is 1.20. The standard InChI is InChI=1S/C15H18O8/c1-12(2,3)14(20)4-6-13(5-7(16)21-6)10(19)23-11-15(13,14)8(17)9(18)22-11/h6,8,11,17,20H,4-5H2,1-3H3/t6-,8-,11-,13+,14-,15-/m1/s1. The lowest BCUT2D eigenvalue weighted by Gasteiger charge is -2.49. The number of esters is 3. The molecular formula is C15H18O8. The Kier molecular flexibility index (Phi) is 2.39. The molecule has 3 saturated heterocycles. The summed E-state index contributed by atoms with van der Waals surface area (Å²) in [5.74, 6) is -2.36. The Balaban J connectivity index is 2.05. The van der Waals surface area contributed by atoms with Crippen LogP contribution in [-0.4, -0.2) is 52.2 Å². The molecule has 126 valence electrons. The molecule has 0 aromatic carbocycles. The van der Waals surface area contributed by atoms with Gasteiger partial charge in [0, 0.05) is 6.42 Å². The summed E-state index contributed by atoms with van der Waals surface area (Å²) < 4.78 is 15.5. The van der Waals surface area contributed by atoms with Gasteiger partial charge in [0.2, 0.25) is 0 Å². The van der Waals surface area contributed by atoms with Gasteiger partial charge in [-0.25, -0.2) is 4.79 Å². The Labute approximate surface area is 131 Å². The average molecular weight is 326 g/mol. The molecule has 2 N–H and O–H groups in total. The van der Waals surface area contributed by atoms with Crippen LogP contribution in [0.1, 0.15) is 33.6 Å². The van der Waals surface area contributed by atoms with Crippen LogP contribution >= 0.6 is 0 Å². The Bertz CT molecular complexity index is 650. The van der Waals surface area contributed by atoms with Gasteiger partial charge < -0.3 is 24.4 Å². The number of rotatable bonds is 0. The number of ether oxygens (including phenoxy) is 3. The quantitative estimate of drug-likeness (QED) is 0.558. The summed E-state index contributed by atoms with van der Waals surface area (Å²) in [4.78, 5) is 36.5. The summed E-state index contributed by atoms with van der Waals surface area (Å²) in [6.07, 6.45) is -4.58. The van der Waals surface area contributed by atoms with E-state index in [-0.39, 0.29) is 12.8 Å². The zero-order chi connectivity index (χ0) is 17.0. The van der Waals surface area contributed by atoms with Crippen molar-refractivity contribution >= 4 is 17.9 Å². The molecule has 6 atom stereocenters. The second-order valence-corrected chi connectivity index (χ2v) is 7.89. The van der Waals surface area contributed by atoms with Crippen LogP contribution in [0, 0.1) is 16.2 Å². The summed E-state index contributed by atoms with van der Waals surface area (Å²) in [6.45, 7) is 5.19. The predicted octanol–water partition coefficient (Wildman–Crippen LogP) is -0.744. The van der Waals surface area contributed by atoms with Crippen molar-refractivity contribution in [3.05, 3.63) is 0 Å². The van der Waals surface area contributed by atoms with Crippen molar-refractivity contribution in [3.8, 4) is 0 Å². The zero-order valence-electron chi connectivity index (χ0n) is 13.0. The predicted molar refractivity (Wildman–Crippen MR) is 70.4 cm³/mol. The molecule has 0 aromatic rings. The van der Waals surface area contributed by atoms with E-state index in [1.807, 2.05) is 0 Å². The fourth-order valence-electron chi connectivity index (χ4n) is 5.15. The number of carbonyl (C=O) groups is 3. The largest absolute Gasteiger partial charge is 0.461 e. The molecule has 0 radical (unpaired) electrons. The van der Waals surface area contributed by atoms with Gasteiger partial charge in [-0.3, -0.25) is 9.59 Å². The van der Waals surface area contributed by atoms with Crippen LogP contribution in [0.5, 0.6) is 0 Å². The van der Waals surface area contributed by atoms with Gasteiger partial charge in [0.25, 0.3) is 6.29 Å². The van der Waals surface area contributed by atoms with Crippen molar-refractivity contribution in [2.45, 2.75) is 57.7 Å². The van der Waals surface area contributed by atoms with E-state index < -0.39 is 58.3 Å². The minimum absolute atomic E-state index is 0.0679. The molecule has 2 spiro atoms. The van der Waals surface area contributed by atoms with E-state index in [1.165, 1.54) is 0 Å². The number of aliphatic hydroxyl groups excluding tert-OH is 1. The van der Waals surface area contributed by atoms with Crippen molar-refractivity contribution in [1.29, 1.82) is 0 Å². The van der Waals surface area contributed by atoms with E-state index >= 15 is 0 Å². The van der Waals surface area contributed by atoms with Gasteiger partial charge in [0.05, 0.1) is 12.0 Å². The molecule has 8 heteroatoms. The van der Waals surface area contributed by atoms with Crippen LogP contribution in [0.2, 0.25) is 0 Å². The van der Waals surface area contributed by atoms with Gasteiger partial charge in [-0.1, -0.05) is 20.8 Å². The molecule has 1 saturated carbocycles. The Morgan fingerprint density at radius 1 is 1.13 bits per heavy atom. The Morgan fingerprint density at radius 3 is 2.39 bits per heavy atom. The highest BCUT2D eigenvalue weighted by Crippen LogP contribution is 2.75. The fraction of sp³-hybridized carbons (Fsp3) is 0.800. The molecule has 0 aromatic heterocycles. The maximum absolute atomic E-state index is 12.6. The number of aliphatic hydroxyl groups is 2. The van der Waals surface area contributed by atoms with Crippen LogP contribution in [-0.2, 0) is 28.6 Å². The van der Waals surface area contributed by atoms with E-state index in [0.29, 0.717) is 0 Å². The Morgan fingerprint density at radius 2 is 1.78 bits per heavy atom. The van der Waals surface area contributed by atoms with E-state index in [2.05, 4.69) is 0 Å². The molecule has 3 heterocycles. The van der Waals surface area contributed by atoms with Crippen LogP contribution < -0.4 is 0 Å². The third-order valence-corrected chi connectivity index (χ3v) is 6.22. The van der Waals surface area contributed by atoms with Gasteiger partial charge in [-0.05, 0) is 5.41 Å². The van der Waals surface area contributed by atoms with Crippen LogP contribution in [0.4, 0.5) is 0 Å². The first-order valence-corrected chi connectivity index (χ1v) is 7.54. The van der Waals surface area contributed by atoms with Crippen molar-refractivity contribution in [3.63, 3.8) is 0 Å². The normalized spacial score (nSPS) is 51.0. The molecule has 0 amide bonds. The highest BCUT2D eigenvalue weighted by molar-refractivity contribution is 5.94. The lowest BCUT2D eigenvalue weighted by molar-refractivity contribution is -0.224. The monoisotopic (exact) mass is 326 g/mol. The number of hydrogen-bond donors (Lipinski definition) is 2. The number of carbonyl (C=O) groups excluding carboxylic acids is 3. The summed E-state index contributed by atoms with van der Waals surface area (Å²) in [7, 11) is 0. The van der Waals surface area contributed by atoms with Gasteiger partial charge in [-0.15, -0.1) is 0 Å². The van der Waals surface area contributed by atoms with Gasteiger partial charge >= 0.3 is 17.9 Å². The SMILES string of the molecule is CC(C)(C)[C@]1(O)C[C@H]2OC(=O)C[C@@]23C(=O)O[C@H]2OC(=O)[C@@H](O)[C@]213. The number of hydrogen-bond acceptors (Lipinski definition) is 8. The molecule has 4 fully saturated rings. The van der Waals surface area contributed by atoms with Crippen molar-refractivity contribution in [1.82, 2.24) is 0 Å². The maximum atomic E-state index is 12.6. The van der Waals surface area contributed by atoms with Crippen molar-refractivity contribution in [2.24, 2.45) is 16.2 Å². The summed E-state index contributed by atoms with van der Waals surface area (Å²) >= 11 is 0. The lowest BCUT2D eigenvalue weighted by Crippen LogP contribution is -2.65. The second-order valence-electron chi connectivity index (χ2n) is 7.89. The topological polar surface area (TPSA) is 119 Å². The van der Waals surface area contributed by atoms with E-state index in [4.69, 9.17) is 14.2 Å². The second kappa shape index (κ2) is 3.70. The van der Waals surface area contributed by atoms with Gasteiger partial charge in [0.15, 0.2) is 6.10 Å². The molecule has 0 bridgehead atoms. The smallest absolute Gasteiger partial charge is 0.339 e. The summed E-state index contributed by atoms with van der Waals surface area (Å²) in [5.41, 5.74) is -5.91.